The Bertz CT molecular complexity index is 351. The van der Waals surface area contributed by atoms with Gasteiger partial charge >= 0.3 is 6.18 Å². The maximum atomic E-state index is 13.2. The lowest BCUT2D eigenvalue weighted by Gasteiger charge is -2.10. The Hall–Kier alpha value is -1.30. The Balaban J connectivity index is 2.68. The Kier molecular flexibility index (Phi) is 4.12. The normalized spacial score (nSPS) is 11.6. The Labute approximate surface area is 90.0 Å². The summed E-state index contributed by atoms with van der Waals surface area (Å²) < 4.78 is 52.9. The maximum Gasteiger partial charge on any atom is 0.422 e. The van der Waals surface area contributed by atoms with E-state index in [4.69, 9.17) is 5.73 Å². The lowest BCUT2D eigenvalue weighted by molar-refractivity contribution is -0.153. The monoisotopic (exact) mass is 237 g/mol. The van der Waals surface area contributed by atoms with Gasteiger partial charge in [0.1, 0.15) is 0 Å². The fraction of sp³-hybridized carbons (Fsp3) is 0.400. The second-order valence-electron chi connectivity index (χ2n) is 3.21. The molecule has 0 heterocycles. The molecule has 0 spiro atoms. The van der Waals surface area contributed by atoms with Crippen molar-refractivity contribution in [2.24, 2.45) is 5.73 Å². The molecular formula is C10H11F4NO. The summed E-state index contributed by atoms with van der Waals surface area (Å²) in [5, 5.41) is 0. The molecule has 0 saturated heterocycles. The van der Waals surface area contributed by atoms with Crippen molar-refractivity contribution in [3.05, 3.63) is 29.6 Å². The second kappa shape index (κ2) is 5.16. The number of benzene rings is 1. The molecule has 0 saturated carbocycles. The van der Waals surface area contributed by atoms with Gasteiger partial charge in [-0.15, -0.1) is 0 Å². The highest BCUT2D eigenvalue weighted by Crippen LogP contribution is 2.22. The maximum absolute atomic E-state index is 13.2. The standard InChI is InChI=1S/C10H11F4NO/c11-8-5-7(3-4-15)1-2-9(8)16-6-10(12,13)14/h1-2,5H,3-4,6,15H2. The fourth-order valence-corrected chi connectivity index (χ4v) is 1.14. The fourth-order valence-electron chi connectivity index (χ4n) is 1.14. The van der Waals surface area contributed by atoms with Crippen molar-refractivity contribution >= 4 is 0 Å². The van der Waals surface area contributed by atoms with Gasteiger partial charge < -0.3 is 10.5 Å². The van der Waals surface area contributed by atoms with E-state index in [1.165, 1.54) is 12.1 Å². The van der Waals surface area contributed by atoms with Crippen molar-refractivity contribution in [2.75, 3.05) is 13.2 Å². The topological polar surface area (TPSA) is 35.2 Å². The van der Waals surface area contributed by atoms with Crippen molar-refractivity contribution in [1.29, 1.82) is 0 Å². The van der Waals surface area contributed by atoms with E-state index in [9.17, 15) is 17.6 Å². The van der Waals surface area contributed by atoms with Gasteiger partial charge in [0.2, 0.25) is 0 Å². The van der Waals surface area contributed by atoms with Crippen LogP contribution in [-0.4, -0.2) is 19.3 Å². The molecule has 0 atom stereocenters. The van der Waals surface area contributed by atoms with Crippen LogP contribution in [0.25, 0.3) is 0 Å². The molecule has 1 aromatic rings. The predicted octanol–water partition coefficient (Wildman–Crippen LogP) is 2.27. The molecule has 0 amide bonds. The molecule has 0 aromatic heterocycles. The number of alkyl halides is 3. The molecule has 0 aliphatic heterocycles. The summed E-state index contributed by atoms with van der Waals surface area (Å²) in [4.78, 5) is 0. The van der Waals surface area contributed by atoms with Gasteiger partial charge in [-0.25, -0.2) is 4.39 Å². The molecule has 0 aliphatic carbocycles. The SMILES string of the molecule is NCCc1ccc(OCC(F)(F)F)c(F)c1. The van der Waals surface area contributed by atoms with Crippen molar-refractivity contribution in [2.45, 2.75) is 12.6 Å². The van der Waals surface area contributed by atoms with Crippen molar-refractivity contribution in [3.63, 3.8) is 0 Å². The molecule has 0 bridgehead atoms. The second-order valence-corrected chi connectivity index (χ2v) is 3.21. The van der Waals surface area contributed by atoms with Gasteiger partial charge in [0.25, 0.3) is 0 Å². The van der Waals surface area contributed by atoms with Crippen LogP contribution in [0.15, 0.2) is 18.2 Å². The number of hydrogen-bond acceptors (Lipinski definition) is 2. The number of rotatable bonds is 4. The van der Waals surface area contributed by atoms with E-state index in [0.29, 0.717) is 18.5 Å². The van der Waals surface area contributed by atoms with Crippen LogP contribution in [-0.2, 0) is 6.42 Å². The molecule has 6 heteroatoms. The van der Waals surface area contributed by atoms with Crippen LogP contribution in [0.5, 0.6) is 5.75 Å². The zero-order valence-electron chi connectivity index (χ0n) is 8.35. The van der Waals surface area contributed by atoms with E-state index in [0.717, 1.165) is 6.07 Å². The van der Waals surface area contributed by atoms with Crippen LogP contribution in [0.4, 0.5) is 17.6 Å². The number of halogens is 4. The molecule has 2 N–H and O–H groups in total. The van der Waals surface area contributed by atoms with E-state index in [2.05, 4.69) is 4.74 Å². The van der Waals surface area contributed by atoms with Crippen LogP contribution in [0.1, 0.15) is 5.56 Å². The first-order chi connectivity index (χ1) is 7.42. The van der Waals surface area contributed by atoms with E-state index >= 15 is 0 Å². The summed E-state index contributed by atoms with van der Waals surface area (Å²) in [6.07, 6.45) is -4.00. The number of ether oxygens (including phenoxy) is 1. The van der Waals surface area contributed by atoms with Gasteiger partial charge in [-0.2, -0.15) is 13.2 Å². The molecule has 0 radical (unpaired) electrons. The Morgan fingerprint density at radius 3 is 2.44 bits per heavy atom. The molecule has 90 valence electrons. The molecule has 0 unspecified atom stereocenters. The van der Waals surface area contributed by atoms with E-state index in [1.807, 2.05) is 0 Å². The third-order valence-electron chi connectivity index (χ3n) is 1.82. The number of nitrogens with two attached hydrogens (primary N) is 1. The van der Waals surface area contributed by atoms with E-state index in [1.54, 1.807) is 0 Å². The molecule has 16 heavy (non-hydrogen) atoms. The first-order valence-electron chi connectivity index (χ1n) is 4.60. The molecule has 0 fully saturated rings. The first kappa shape index (κ1) is 12.8. The minimum absolute atomic E-state index is 0.349. The largest absolute Gasteiger partial charge is 0.481 e. The molecule has 0 aliphatic rings. The first-order valence-corrected chi connectivity index (χ1v) is 4.60. The summed E-state index contributed by atoms with van der Waals surface area (Å²) in [6, 6.07) is 3.78. The highest BCUT2D eigenvalue weighted by molar-refractivity contribution is 5.29. The van der Waals surface area contributed by atoms with Gasteiger partial charge in [0.05, 0.1) is 0 Å². The van der Waals surface area contributed by atoms with Crippen LogP contribution in [0.3, 0.4) is 0 Å². The average Bonchev–Trinajstić information content (AvgIpc) is 2.15. The highest BCUT2D eigenvalue weighted by atomic mass is 19.4. The molecule has 1 aromatic carbocycles. The predicted molar refractivity (Wildman–Crippen MR) is 50.7 cm³/mol. The Morgan fingerprint density at radius 2 is 1.94 bits per heavy atom. The third kappa shape index (κ3) is 4.06. The van der Waals surface area contributed by atoms with Crippen molar-refractivity contribution in [1.82, 2.24) is 0 Å². The van der Waals surface area contributed by atoms with Gasteiger partial charge in [-0.1, -0.05) is 6.07 Å². The van der Waals surface area contributed by atoms with Gasteiger partial charge in [0, 0.05) is 0 Å². The summed E-state index contributed by atoms with van der Waals surface area (Å²) in [7, 11) is 0. The number of hydrogen-bond donors (Lipinski definition) is 1. The Morgan fingerprint density at radius 1 is 1.25 bits per heavy atom. The molecule has 2 nitrogen and oxygen atoms in total. The smallest absolute Gasteiger partial charge is 0.422 e. The lowest BCUT2D eigenvalue weighted by Crippen LogP contribution is -2.19. The van der Waals surface area contributed by atoms with Crippen LogP contribution in [0.2, 0.25) is 0 Å². The van der Waals surface area contributed by atoms with Gasteiger partial charge in [0.15, 0.2) is 18.2 Å². The highest BCUT2D eigenvalue weighted by Gasteiger charge is 2.28. The van der Waals surface area contributed by atoms with Crippen LogP contribution in [0, 0.1) is 5.82 Å². The van der Waals surface area contributed by atoms with E-state index in [-0.39, 0.29) is 0 Å². The van der Waals surface area contributed by atoms with Gasteiger partial charge in [-0.3, -0.25) is 0 Å². The van der Waals surface area contributed by atoms with Gasteiger partial charge in [-0.05, 0) is 30.7 Å². The summed E-state index contributed by atoms with van der Waals surface area (Å²) in [5.74, 6) is -1.21. The quantitative estimate of drug-likeness (QED) is 0.815. The summed E-state index contributed by atoms with van der Waals surface area (Å²) >= 11 is 0. The van der Waals surface area contributed by atoms with Crippen LogP contribution < -0.4 is 10.5 Å². The zero-order valence-corrected chi connectivity index (χ0v) is 8.35. The zero-order chi connectivity index (χ0) is 12.2. The summed E-state index contributed by atoms with van der Waals surface area (Å²) in [6.45, 7) is -1.15. The molecule has 1 rings (SSSR count). The average molecular weight is 237 g/mol. The van der Waals surface area contributed by atoms with Crippen molar-refractivity contribution in [3.8, 4) is 5.75 Å². The molecular weight excluding hydrogens is 226 g/mol. The third-order valence-corrected chi connectivity index (χ3v) is 1.82. The lowest BCUT2D eigenvalue weighted by atomic mass is 10.1. The minimum atomic E-state index is -4.47. The van der Waals surface area contributed by atoms with Crippen LogP contribution >= 0.6 is 0 Å². The van der Waals surface area contributed by atoms with Crippen molar-refractivity contribution < 1.29 is 22.3 Å². The minimum Gasteiger partial charge on any atom is -0.481 e. The summed E-state index contributed by atoms with van der Waals surface area (Å²) in [5.41, 5.74) is 5.89. The van der Waals surface area contributed by atoms with E-state index < -0.39 is 24.3 Å².